The van der Waals surface area contributed by atoms with Gasteiger partial charge in [0.2, 0.25) is 0 Å². The van der Waals surface area contributed by atoms with E-state index in [1.165, 1.54) is 0 Å². The lowest BCUT2D eigenvalue weighted by Gasteiger charge is -2.38. The molecule has 0 amide bonds. The molecule has 0 saturated carbocycles. The zero-order valence-corrected chi connectivity index (χ0v) is 13.0. The van der Waals surface area contributed by atoms with Gasteiger partial charge in [0, 0.05) is 44.5 Å². The van der Waals surface area contributed by atoms with Gasteiger partial charge in [-0.15, -0.1) is 0 Å². The molecule has 1 N–H and O–H groups in total. The van der Waals surface area contributed by atoms with Crippen molar-refractivity contribution in [2.75, 3.05) is 31.2 Å². The van der Waals surface area contributed by atoms with E-state index in [4.69, 9.17) is 21.4 Å². The highest BCUT2D eigenvalue weighted by Gasteiger charge is 2.31. The summed E-state index contributed by atoms with van der Waals surface area (Å²) < 4.78 is 7.83. The first-order valence-electron chi connectivity index (χ1n) is 7.77. The van der Waals surface area contributed by atoms with Gasteiger partial charge in [-0.2, -0.15) is 5.10 Å². The maximum atomic E-state index is 9.21. The van der Waals surface area contributed by atoms with Crippen molar-refractivity contribution in [3.05, 3.63) is 17.4 Å². The molecule has 1 atom stereocenters. The van der Waals surface area contributed by atoms with E-state index >= 15 is 0 Å². The molecule has 2 aromatic rings. The van der Waals surface area contributed by atoms with Crippen LogP contribution < -0.4 is 4.90 Å². The van der Waals surface area contributed by atoms with Gasteiger partial charge in [0.05, 0.1) is 10.9 Å². The number of aliphatic hydroxyl groups excluding tert-OH is 1. The summed E-state index contributed by atoms with van der Waals surface area (Å²) in [5.41, 5.74) is 0.967. The van der Waals surface area contributed by atoms with Crippen LogP contribution in [0.5, 0.6) is 0 Å². The number of hydrogen-bond donors (Lipinski definition) is 1. The summed E-state index contributed by atoms with van der Waals surface area (Å²) in [5.74, 6) is 1.25. The van der Waals surface area contributed by atoms with Crippen molar-refractivity contribution in [3.63, 3.8) is 0 Å². The van der Waals surface area contributed by atoms with E-state index < -0.39 is 0 Å². The average molecular weight is 323 g/mol. The predicted molar refractivity (Wildman–Crippen MR) is 84.2 cm³/mol. The largest absolute Gasteiger partial charge is 0.396 e. The Morgan fingerprint density at radius 3 is 2.95 bits per heavy atom. The maximum absolute atomic E-state index is 9.21. The minimum Gasteiger partial charge on any atom is -0.396 e. The van der Waals surface area contributed by atoms with Gasteiger partial charge in [-0.05, 0) is 19.3 Å². The fourth-order valence-electron chi connectivity index (χ4n) is 3.22. The Bertz CT molecular complexity index is 677. The highest BCUT2D eigenvalue weighted by Crippen LogP contribution is 2.35. The molecule has 6 nitrogen and oxygen atoms in total. The molecule has 0 bridgehead atoms. The molecule has 0 aliphatic carbocycles. The molecule has 22 heavy (non-hydrogen) atoms. The van der Waals surface area contributed by atoms with Crippen LogP contribution >= 0.6 is 11.6 Å². The first kappa shape index (κ1) is 14.2. The molecular formula is C15H19ClN4O2. The van der Waals surface area contributed by atoms with Crippen LogP contribution in [0.4, 0.5) is 5.82 Å². The summed E-state index contributed by atoms with van der Waals surface area (Å²) >= 11 is 6.07. The van der Waals surface area contributed by atoms with E-state index in [9.17, 15) is 5.11 Å². The lowest BCUT2D eigenvalue weighted by molar-refractivity contribution is -0.0366. The van der Waals surface area contributed by atoms with Gasteiger partial charge in [0.15, 0.2) is 12.0 Å². The Hall–Kier alpha value is -1.37. The van der Waals surface area contributed by atoms with Gasteiger partial charge < -0.3 is 14.7 Å². The lowest BCUT2D eigenvalue weighted by Crippen LogP contribution is -2.48. The quantitative estimate of drug-likeness (QED) is 0.878. The number of halogens is 1. The van der Waals surface area contributed by atoms with E-state index in [1.807, 2.05) is 10.7 Å². The van der Waals surface area contributed by atoms with Crippen LogP contribution in [0.3, 0.4) is 0 Å². The highest BCUT2D eigenvalue weighted by molar-refractivity contribution is 6.30. The van der Waals surface area contributed by atoms with E-state index in [2.05, 4.69) is 9.88 Å². The van der Waals surface area contributed by atoms with Crippen LogP contribution in [-0.4, -0.2) is 46.2 Å². The molecule has 2 aliphatic rings. The van der Waals surface area contributed by atoms with Crippen LogP contribution in [0.15, 0.2) is 12.3 Å². The van der Waals surface area contributed by atoms with E-state index in [-0.39, 0.29) is 12.8 Å². The molecule has 118 valence electrons. The van der Waals surface area contributed by atoms with E-state index in [0.717, 1.165) is 55.7 Å². The number of ether oxygens (including phenoxy) is 1. The second kappa shape index (κ2) is 5.68. The molecular weight excluding hydrogens is 304 g/mol. The standard InChI is InChI=1S/C15H19ClN4O2/c16-13-5-12-11(6-17-13)15(19-7-10(8-19)9-21)18-20(12)14-3-1-2-4-22-14/h5-6,10,14,21H,1-4,7-9H2. The summed E-state index contributed by atoms with van der Waals surface area (Å²) in [6.07, 6.45) is 4.98. The summed E-state index contributed by atoms with van der Waals surface area (Å²) in [7, 11) is 0. The third-order valence-corrected chi connectivity index (χ3v) is 4.69. The number of anilines is 1. The van der Waals surface area contributed by atoms with Gasteiger partial charge >= 0.3 is 0 Å². The molecule has 4 rings (SSSR count). The number of pyridine rings is 1. The molecule has 0 radical (unpaired) electrons. The van der Waals surface area contributed by atoms with E-state index in [1.54, 1.807) is 6.20 Å². The minimum atomic E-state index is -0.0293. The zero-order chi connectivity index (χ0) is 15.1. The molecule has 1 unspecified atom stereocenters. The predicted octanol–water partition coefficient (Wildman–Crippen LogP) is 2.21. The second-order valence-electron chi connectivity index (χ2n) is 6.07. The molecule has 0 aromatic carbocycles. The Morgan fingerprint density at radius 1 is 1.36 bits per heavy atom. The molecule has 2 saturated heterocycles. The fourth-order valence-corrected chi connectivity index (χ4v) is 3.37. The van der Waals surface area contributed by atoms with Gasteiger partial charge in [0.1, 0.15) is 5.15 Å². The van der Waals surface area contributed by atoms with E-state index in [0.29, 0.717) is 11.1 Å². The maximum Gasteiger partial charge on any atom is 0.160 e. The zero-order valence-electron chi connectivity index (χ0n) is 12.3. The smallest absolute Gasteiger partial charge is 0.160 e. The molecule has 2 aliphatic heterocycles. The van der Waals surface area contributed by atoms with Crippen LogP contribution in [0.2, 0.25) is 5.15 Å². The van der Waals surface area contributed by atoms with Crippen molar-refractivity contribution in [1.82, 2.24) is 14.8 Å². The topological polar surface area (TPSA) is 63.4 Å². The first-order valence-corrected chi connectivity index (χ1v) is 8.15. The third kappa shape index (κ3) is 2.35. The first-order chi connectivity index (χ1) is 10.8. The van der Waals surface area contributed by atoms with Crippen molar-refractivity contribution in [2.45, 2.75) is 25.5 Å². The molecule has 7 heteroatoms. The number of hydrogen-bond acceptors (Lipinski definition) is 5. The number of aromatic nitrogens is 3. The summed E-state index contributed by atoms with van der Waals surface area (Å²) in [4.78, 5) is 6.38. The van der Waals surface area contributed by atoms with Crippen molar-refractivity contribution < 1.29 is 9.84 Å². The van der Waals surface area contributed by atoms with Crippen LogP contribution in [0, 0.1) is 5.92 Å². The van der Waals surface area contributed by atoms with Crippen LogP contribution in [-0.2, 0) is 4.74 Å². The number of rotatable bonds is 3. The van der Waals surface area contributed by atoms with Crippen molar-refractivity contribution in [3.8, 4) is 0 Å². The van der Waals surface area contributed by atoms with Gasteiger partial charge in [0.25, 0.3) is 0 Å². The summed E-state index contributed by atoms with van der Waals surface area (Å²) in [5, 5.41) is 15.5. The SMILES string of the molecule is OCC1CN(c2nn(C3CCCCO3)c3cc(Cl)ncc23)C1. The molecule has 4 heterocycles. The van der Waals surface area contributed by atoms with Gasteiger partial charge in [-0.3, -0.25) is 0 Å². The fraction of sp³-hybridized carbons (Fsp3) is 0.600. The van der Waals surface area contributed by atoms with Crippen LogP contribution in [0.25, 0.3) is 10.9 Å². The third-order valence-electron chi connectivity index (χ3n) is 4.48. The van der Waals surface area contributed by atoms with Crippen molar-refractivity contribution >= 4 is 28.3 Å². The normalized spacial score (nSPS) is 23.0. The Labute approximate surface area is 133 Å². The number of nitrogens with zero attached hydrogens (tertiary/aromatic N) is 4. The Balaban J connectivity index is 1.74. The number of fused-ring (bicyclic) bond motifs is 1. The van der Waals surface area contributed by atoms with Crippen molar-refractivity contribution in [2.24, 2.45) is 5.92 Å². The summed E-state index contributed by atoms with van der Waals surface area (Å²) in [6, 6.07) is 1.86. The van der Waals surface area contributed by atoms with Crippen molar-refractivity contribution in [1.29, 1.82) is 0 Å². The monoisotopic (exact) mass is 322 g/mol. The molecule has 0 spiro atoms. The second-order valence-corrected chi connectivity index (χ2v) is 6.45. The van der Waals surface area contributed by atoms with Crippen LogP contribution in [0.1, 0.15) is 25.5 Å². The Kier molecular flexibility index (Phi) is 3.68. The average Bonchev–Trinajstić information content (AvgIpc) is 2.86. The molecule has 2 fully saturated rings. The number of aliphatic hydroxyl groups is 1. The lowest BCUT2D eigenvalue weighted by atomic mass is 10.0. The summed E-state index contributed by atoms with van der Waals surface area (Å²) in [6.45, 7) is 2.66. The van der Waals surface area contributed by atoms with Gasteiger partial charge in [-0.1, -0.05) is 11.6 Å². The van der Waals surface area contributed by atoms with Gasteiger partial charge in [-0.25, -0.2) is 9.67 Å². The Morgan fingerprint density at radius 2 is 2.23 bits per heavy atom. The molecule has 2 aromatic heterocycles. The highest BCUT2D eigenvalue weighted by atomic mass is 35.5. The minimum absolute atomic E-state index is 0.0293.